The van der Waals surface area contributed by atoms with E-state index in [0.29, 0.717) is 12.5 Å². The van der Waals surface area contributed by atoms with Gasteiger partial charge < -0.3 is 4.90 Å². The van der Waals surface area contributed by atoms with Crippen molar-refractivity contribution < 1.29 is 13.2 Å². The summed E-state index contributed by atoms with van der Waals surface area (Å²) in [5, 5.41) is 0. The van der Waals surface area contributed by atoms with Crippen LogP contribution >= 0.6 is 0 Å². The van der Waals surface area contributed by atoms with E-state index in [1.807, 2.05) is 24.3 Å². The van der Waals surface area contributed by atoms with E-state index in [-0.39, 0.29) is 29.5 Å². The predicted molar refractivity (Wildman–Crippen MR) is 101 cm³/mol. The van der Waals surface area contributed by atoms with Crippen LogP contribution in [0.1, 0.15) is 32.8 Å². The first-order valence-electron chi connectivity index (χ1n) is 9.16. The summed E-state index contributed by atoms with van der Waals surface area (Å²) in [6, 6.07) is 7.57. The highest BCUT2D eigenvalue weighted by atomic mass is 32.2. The van der Waals surface area contributed by atoms with E-state index >= 15 is 0 Å². The van der Waals surface area contributed by atoms with Gasteiger partial charge in [-0.3, -0.25) is 9.69 Å². The van der Waals surface area contributed by atoms with Gasteiger partial charge in [0.25, 0.3) is 0 Å². The number of amides is 1. The van der Waals surface area contributed by atoms with Crippen LogP contribution in [0.25, 0.3) is 0 Å². The van der Waals surface area contributed by atoms with Crippen molar-refractivity contribution in [2.45, 2.75) is 45.7 Å². The van der Waals surface area contributed by atoms with Gasteiger partial charge in [-0.15, -0.1) is 0 Å². The number of rotatable bonds is 5. The summed E-state index contributed by atoms with van der Waals surface area (Å²) in [4.78, 5) is 16.7. The van der Waals surface area contributed by atoms with Crippen LogP contribution in [0.5, 0.6) is 0 Å². The summed E-state index contributed by atoms with van der Waals surface area (Å²) in [5.74, 6) is 0.765. The van der Waals surface area contributed by atoms with Gasteiger partial charge in [-0.1, -0.05) is 32.9 Å². The fourth-order valence-electron chi connectivity index (χ4n) is 3.85. The highest BCUT2D eigenvalue weighted by molar-refractivity contribution is 7.91. The number of nitrogens with zero attached hydrogens (tertiary/aromatic N) is 2. The molecule has 2 heterocycles. The summed E-state index contributed by atoms with van der Waals surface area (Å²) in [5.41, 5.74) is 2.03. The second-order valence-corrected chi connectivity index (χ2v) is 9.80. The summed E-state index contributed by atoms with van der Waals surface area (Å²) < 4.78 is 24.6. The summed E-state index contributed by atoms with van der Waals surface area (Å²) in [6.07, 6.45) is 1.92. The maximum absolute atomic E-state index is 12.8. The molecular formula is C19H28N2O3S. The number of piperazine rings is 1. The number of carbonyl (C=O) groups is 1. The van der Waals surface area contributed by atoms with Crippen molar-refractivity contribution >= 4 is 21.4 Å². The molecule has 0 aromatic heterocycles. The van der Waals surface area contributed by atoms with Gasteiger partial charge in [0.15, 0.2) is 9.84 Å². The van der Waals surface area contributed by atoms with E-state index in [1.165, 1.54) is 5.56 Å². The van der Waals surface area contributed by atoms with E-state index < -0.39 is 9.84 Å². The molecule has 0 N–H and O–H groups in total. The highest BCUT2D eigenvalue weighted by Crippen LogP contribution is 2.32. The molecular weight excluding hydrogens is 336 g/mol. The Morgan fingerprint density at radius 1 is 1.12 bits per heavy atom. The zero-order valence-corrected chi connectivity index (χ0v) is 16.1. The lowest BCUT2D eigenvalue weighted by molar-refractivity contribution is -0.123. The zero-order valence-electron chi connectivity index (χ0n) is 15.3. The lowest BCUT2D eigenvalue weighted by Crippen LogP contribution is -2.62. The Morgan fingerprint density at radius 3 is 2.36 bits per heavy atom. The minimum Gasteiger partial charge on any atom is -0.306 e. The third-order valence-electron chi connectivity index (χ3n) is 5.32. The molecule has 0 radical (unpaired) electrons. The van der Waals surface area contributed by atoms with Gasteiger partial charge in [0.05, 0.1) is 24.1 Å². The molecule has 0 aliphatic carbocycles. The van der Waals surface area contributed by atoms with Crippen molar-refractivity contribution in [1.82, 2.24) is 4.90 Å². The zero-order chi connectivity index (χ0) is 18.2. The minimum absolute atomic E-state index is 0.00588. The fraction of sp³-hybridized carbons (Fsp3) is 0.632. The lowest BCUT2D eigenvalue weighted by Gasteiger charge is -2.43. The molecule has 3 rings (SSSR count). The third kappa shape index (κ3) is 3.90. The van der Waals surface area contributed by atoms with Gasteiger partial charge in [-0.2, -0.15) is 0 Å². The van der Waals surface area contributed by atoms with Crippen LogP contribution in [0.4, 0.5) is 5.69 Å². The first-order chi connectivity index (χ1) is 11.8. The average molecular weight is 365 g/mol. The molecule has 2 aliphatic heterocycles. The van der Waals surface area contributed by atoms with E-state index in [2.05, 4.69) is 25.7 Å². The molecule has 1 aromatic carbocycles. The molecule has 1 amide bonds. The Kier molecular flexibility index (Phi) is 5.21. The Hall–Kier alpha value is -1.40. The van der Waals surface area contributed by atoms with E-state index in [4.69, 9.17) is 0 Å². The molecule has 25 heavy (non-hydrogen) atoms. The molecule has 5 nitrogen and oxygen atoms in total. The van der Waals surface area contributed by atoms with Gasteiger partial charge in [-0.25, -0.2) is 8.42 Å². The van der Waals surface area contributed by atoms with Crippen molar-refractivity contribution in [3.05, 3.63) is 29.8 Å². The Bertz CT molecular complexity index is 728. The quantitative estimate of drug-likeness (QED) is 0.803. The number of benzene rings is 1. The van der Waals surface area contributed by atoms with Crippen LogP contribution < -0.4 is 4.90 Å². The molecule has 2 fully saturated rings. The number of hydrogen-bond donors (Lipinski definition) is 0. The van der Waals surface area contributed by atoms with Gasteiger partial charge in [0.2, 0.25) is 5.91 Å². The molecule has 0 saturated carbocycles. The standard InChI is InChI=1S/C19H28N2O3S/c1-4-15-5-7-16(8-6-15)21-18-13-25(23,24)12-17(18)20(11-19(21)22)10-9-14(2)3/h5-8,14,17-18H,4,9-13H2,1-3H3. The number of anilines is 1. The summed E-state index contributed by atoms with van der Waals surface area (Å²) >= 11 is 0. The normalized spacial score (nSPS) is 26.2. The van der Waals surface area contributed by atoms with E-state index in [9.17, 15) is 13.2 Å². The number of sulfone groups is 1. The van der Waals surface area contributed by atoms with Crippen molar-refractivity contribution in [3.63, 3.8) is 0 Å². The Balaban J connectivity index is 1.89. The van der Waals surface area contributed by atoms with Crippen LogP contribution in [0, 0.1) is 5.92 Å². The largest absolute Gasteiger partial charge is 0.306 e. The molecule has 2 unspecified atom stereocenters. The van der Waals surface area contributed by atoms with E-state index in [1.54, 1.807) is 4.90 Å². The fourth-order valence-corrected chi connectivity index (χ4v) is 5.84. The summed E-state index contributed by atoms with van der Waals surface area (Å²) in [6.45, 7) is 7.47. The van der Waals surface area contributed by atoms with Crippen molar-refractivity contribution in [3.8, 4) is 0 Å². The molecule has 2 atom stereocenters. The second-order valence-electron chi connectivity index (χ2n) is 7.65. The minimum atomic E-state index is -3.11. The SMILES string of the molecule is CCc1ccc(N2C(=O)CN(CCC(C)C)C3CS(=O)(=O)CC32)cc1. The van der Waals surface area contributed by atoms with Gasteiger partial charge in [-0.05, 0) is 43.0 Å². The Morgan fingerprint density at radius 2 is 1.76 bits per heavy atom. The van der Waals surface area contributed by atoms with Crippen LogP contribution in [0.15, 0.2) is 24.3 Å². The number of carbonyl (C=O) groups excluding carboxylic acids is 1. The van der Waals surface area contributed by atoms with Crippen LogP contribution in [-0.4, -0.2) is 55.9 Å². The second kappa shape index (κ2) is 7.08. The molecule has 0 spiro atoms. The lowest BCUT2D eigenvalue weighted by atomic mass is 10.0. The predicted octanol–water partition coefficient (Wildman–Crippen LogP) is 2.11. The maximum atomic E-state index is 12.8. The number of aryl methyl sites for hydroxylation is 1. The Labute approximate surface area is 150 Å². The van der Waals surface area contributed by atoms with Crippen LogP contribution in [0.2, 0.25) is 0 Å². The van der Waals surface area contributed by atoms with Crippen LogP contribution in [0.3, 0.4) is 0 Å². The van der Waals surface area contributed by atoms with Crippen molar-refractivity contribution in [1.29, 1.82) is 0 Å². The number of hydrogen-bond acceptors (Lipinski definition) is 4. The average Bonchev–Trinajstić information content (AvgIpc) is 2.88. The van der Waals surface area contributed by atoms with Gasteiger partial charge >= 0.3 is 0 Å². The molecule has 1 aromatic rings. The first-order valence-corrected chi connectivity index (χ1v) is 11.0. The maximum Gasteiger partial charge on any atom is 0.241 e. The topological polar surface area (TPSA) is 57.7 Å². The third-order valence-corrected chi connectivity index (χ3v) is 7.02. The monoisotopic (exact) mass is 364 g/mol. The van der Waals surface area contributed by atoms with Gasteiger partial charge in [0, 0.05) is 11.7 Å². The van der Waals surface area contributed by atoms with Gasteiger partial charge in [0.1, 0.15) is 0 Å². The smallest absolute Gasteiger partial charge is 0.241 e. The first kappa shape index (κ1) is 18.4. The van der Waals surface area contributed by atoms with Crippen molar-refractivity contribution in [2.75, 3.05) is 29.5 Å². The number of fused-ring (bicyclic) bond motifs is 1. The molecule has 0 bridgehead atoms. The summed E-state index contributed by atoms with van der Waals surface area (Å²) in [7, 11) is -3.11. The molecule has 6 heteroatoms. The molecule has 2 aliphatic rings. The molecule has 2 saturated heterocycles. The molecule has 138 valence electrons. The van der Waals surface area contributed by atoms with Crippen molar-refractivity contribution in [2.24, 2.45) is 5.92 Å². The van der Waals surface area contributed by atoms with Crippen LogP contribution in [-0.2, 0) is 21.1 Å². The van der Waals surface area contributed by atoms with E-state index in [0.717, 1.165) is 25.1 Å². The highest BCUT2D eigenvalue weighted by Gasteiger charge is 2.49.